The Labute approximate surface area is 162 Å². The third-order valence-electron chi connectivity index (χ3n) is 3.90. The minimum atomic E-state index is -0.827. The Bertz CT molecular complexity index is 791. The Kier molecular flexibility index (Phi) is 7.03. The molecule has 0 aromatic heterocycles. The molecule has 2 unspecified atom stereocenters. The van der Waals surface area contributed by atoms with Crippen molar-refractivity contribution < 1.29 is 14.7 Å². The molecule has 2 atom stereocenters. The number of nitrogens with two attached hydrogens (primary N) is 1. The van der Waals surface area contributed by atoms with Crippen molar-refractivity contribution >= 4 is 35.4 Å². The van der Waals surface area contributed by atoms with E-state index in [2.05, 4.69) is 5.32 Å². The van der Waals surface area contributed by atoms with Crippen LogP contribution in [0.4, 0.5) is 0 Å². The van der Waals surface area contributed by atoms with E-state index in [1.165, 1.54) is 6.92 Å². The highest BCUT2D eigenvalue weighted by Crippen LogP contribution is 2.30. The predicted molar refractivity (Wildman–Crippen MR) is 102 cm³/mol. The van der Waals surface area contributed by atoms with Crippen LogP contribution in [0.15, 0.2) is 36.4 Å². The SMILES string of the molecule is CC([C]=O)NC(=O)C(N)Cc1ccc(O)c(Cc2c(Cl)cccc2Cl)c1. The number of amides is 1. The van der Waals surface area contributed by atoms with E-state index in [0.717, 1.165) is 5.56 Å². The summed E-state index contributed by atoms with van der Waals surface area (Å²) in [4.78, 5) is 22.5. The third-order valence-corrected chi connectivity index (χ3v) is 4.61. The second kappa shape index (κ2) is 9.03. The van der Waals surface area contributed by atoms with E-state index < -0.39 is 18.0 Å². The molecule has 5 nitrogen and oxygen atoms in total. The number of phenolic OH excluding ortho intramolecular Hbond substituents is 1. The number of rotatable bonds is 7. The van der Waals surface area contributed by atoms with Crippen LogP contribution in [-0.2, 0) is 22.4 Å². The zero-order valence-corrected chi connectivity index (χ0v) is 15.6. The molecule has 137 valence electrons. The molecule has 0 heterocycles. The predicted octanol–water partition coefficient (Wildman–Crippen LogP) is 2.77. The maximum absolute atomic E-state index is 11.9. The van der Waals surface area contributed by atoms with Crippen LogP contribution >= 0.6 is 23.2 Å². The van der Waals surface area contributed by atoms with E-state index in [0.29, 0.717) is 27.6 Å². The van der Waals surface area contributed by atoms with E-state index in [-0.39, 0.29) is 12.2 Å². The normalized spacial score (nSPS) is 13.1. The minimum absolute atomic E-state index is 0.104. The van der Waals surface area contributed by atoms with E-state index in [1.54, 1.807) is 42.7 Å². The van der Waals surface area contributed by atoms with Gasteiger partial charge in [-0.1, -0.05) is 41.4 Å². The molecule has 0 aliphatic rings. The average Bonchev–Trinajstić information content (AvgIpc) is 2.60. The summed E-state index contributed by atoms with van der Waals surface area (Å²) < 4.78 is 0. The van der Waals surface area contributed by atoms with Crippen molar-refractivity contribution in [1.29, 1.82) is 0 Å². The Balaban J connectivity index is 2.17. The number of benzene rings is 2. The first-order chi connectivity index (χ1) is 12.3. The van der Waals surface area contributed by atoms with Crippen LogP contribution in [-0.4, -0.2) is 29.4 Å². The van der Waals surface area contributed by atoms with Gasteiger partial charge in [-0.2, -0.15) is 0 Å². The summed E-state index contributed by atoms with van der Waals surface area (Å²) in [6.45, 7) is 1.52. The third kappa shape index (κ3) is 5.21. The second-order valence-electron chi connectivity index (χ2n) is 6.00. The molecule has 0 saturated carbocycles. The van der Waals surface area contributed by atoms with Crippen molar-refractivity contribution in [3.8, 4) is 5.75 Å². The topological polar surface area (TPSA) is 92.4 Å². The Morgan fingerprint density at radius 1 is 1.27 bits per heavy atom. The molecule has 4 N–H and O–H groups in total. The maximum atomic E-state index is 11.9. The number of carbonyl (C=O) groups excluding carboxylic acids is 2. The summed E-state index contributed by atoms with van der Waals surface area (Å²) in [5.41, 5.74) is 8.00. The van der Waals surface area contributed by atoms with E-state index in [4.69, 9.17) is 28.9 Å². The van der Waals surface area contributed by atoms with Crippen LogP contribution in [0.2, 0.25) is 10.0 Å². The van der Waals surface area contributed by atoms with Crippen LogP contribution < -0.4 is 11.1 Å². The number of aromatic hydroxyl groups is 1. The van der Waals surface area contributed by atoms with Gasteiger partial charge in [0.25, 0.3) is 0 Å². The fourth-order valence-electron chi connectivity index (χ4n) is 2.50. The van der Waals surface area contributed by atoms with Gasteiger partial charge in [0.1, 0.15) is 5.75 Å². The van der Waals surface area contributed by atoms with Crippen molar-refractivity contribution in [2.45, 2.75) is 31.8 Å². The van der Waals surface area contributed by atoms with Gasteiger partial charge in [0, 0.05) is 16.5 Å². The number of hydrogen-bond acceptors (Lipinski definition) is 4. The first-order valence-electron chi connectivity index (χ1n) is 7.99. The number of hydrogen-bond donors (Lipinski definition) is 3. The van der Waals surface area contributed by atoms with E-state index >= 15 is 0 Å². The van der Waals surface area contributed by atoms with Crippen LogP contribution in [0.25, 0.3) is 0 Å². The summed E-state index contributed by atoms with van der Waals surface area (Å²) in [5.74, 6) is -0.337. The van der Waals surface area contributed by atoms with Crippen molar-refractivity contribution in [1.82, 2.24) is 5.32 Å². The molecule has 26 heavy (non-hydrogen) atoms. The first kappa shape index (κ1) is 20.2. The summed E-state index contributed by atoms with van der Waals surface area (Å²) >= 11 is 12.4. The quantitative estimate of drug-likeness (QED) is 0.674. The largest absolute Gasteiger partial charge is 0.508 e. The zero-order valence-electron chi connectivity index (χ0n) is 14.1. The fourth-order valence-corrected chi connectivity index (χ4v) is 3.03. The molecule has 2 aromatic carbocycles. The number of nitrogens with one attached hydrogen (secondary N) is 1. The zero-order chi connectivity index (χ0) is 19.3. The molecule has 0 aliphatic carbocycles. The fraction of sp³-hybridized carbons (Fsp3) is 0.263. The van der Waals surface area contributed by atoms with Crippen molar-refractivity contribution in [3.63, 3.8) is 0 Å². The molecule has 7 heteroatoms. The van der Waals surface area contributed by atoms with Crippen LogP contribution in [0, 0.1) is 0 Å². The molecular weight excluding hydrogens is 375 g/mol. The Hall–Kier alpha value is -2.08. The molecular formula is C19H19Cl2N2O3. The highest BCUT2D eigenvalue weighted by molar-refractivity contribution is 6.36. The van der Waals surface area contributed by atoms with E-state index in [1.807, 2.05) is 0 Å². The lowest BCUT2D eigenvalue weighted by atomic mass is 9.98. The standard InChI is InChI=1S/C19H19Cl2N2O3/c1-11(10-24)23-19(26)17(22)8-12-5-6-18(25)13(7-12)9-14-15(20)3-2-4-16(14)21/h2-7,11,17,25H,8-9,22H2,1H3,(H,23,26). The average molecular weight is 394 g/mol. The number of halogens is 2. The van der Waals surface area contributed by atoms with Gasteiger partial charge in [0.05, 0.1) is 12.1 Å². The van der Waals surface area contributed by atoms with Gasteiger partial charge in [-0.15, -0.1) is 0 Å². The summed E-state index contributed by atoms with van der Waals surface area (Å²) in [5, 5.41) is 13.6. The van der Waals surface area contributed by atoms with Gasteiger partial charge in [-0.05, 0) is 48.2 Å². The van der Waals surface area contributed by atoms with Gasteiger partial charge in [-0.25, -0.2) is 0 Å². The monoisotopic (exact) mass is 393 g/mol. The summed E-state index contributed by atoms with van der Waals surface area (Å²) in [6.07, 6.45) is 2.27. The van der Waals surface area contributed by atoms with E-state index in [9.17, 15) is 14.7 Å². The Morgan fingerprint density at radius 3 is 2.54 bits per heavy atom. The summed E-state index contributed by atoms with van der Waals surface area (Å²) in [7, 11) is 0. The molecule has 0 saturated heterocycles. The van der Waals surface area contributed by atoms with Crippen LogP contribution in [0.3, 0.4) is 0 Å². The molecule has 1 radical (unpaired) electrons. The van der Waals surface area contributed by atoms with Crippen molar-refractivity contribution in [3.05, 3.63) is 63.1 Å². The van der Waals surface area contributed by atoms with Gasteiger partial charge >= 0.3 is 0 Å². The van der Waals surface area contributed by atoms with Gasteiger partial charge in [-0.3, -0.25) is 9.59 Å². The number of carbonyl (C=O) groups is 1. The molecule has 2 aromatic rings. The highest BCUT2D eigenvalue weighted by Gasteiger charge is 2.17. The maximum Gasteiger partial charge on any atom is 0.237 e. The Morgan fingerprint density at radius 2 is 1.92 bits per heavy atom. The lowest BCUT2D eigenvalue weighted by molar-refractivity contribution is -0.122. The summed E-state index contributed by atoms with van der Waals surface area (Å²) in [6, 6.07) is 8.66. The highest BCUT2D eigenvalue weighted by atomic mass is 35.5. The molecule has 0 bridgehead atoms. The molecule has 0 spiro atoms. The smallest absolute Gasteiger partial charge is 0.237 e. The number of phenols is 1. The second-order valence-corrected chi connectivity index (χ2v) is 6.81. The molecule has 2 rings (SSSR count). The minimum Gasteiger partial charge on any atom is -0.508 e. The lowest BCUT2D eigenvalue weighted by Gasteiger charge is -2.15. The molecule has 0 aliphatic heterocycles. The van der Waals surface area contributed by atoms with Crippen LogP contribution in [0.1, 0.15) is 23.6 Å². The van der Waals surface area contributed by atoms with Gasteiger partial charge < -0.3 is 16.2 Å². The molecule has 1 amide bonds. The lowest BCUT2D eigenvalue weighted by Crippen LogP contribution is -2.46. The van der Waals surface area contributed by atoms with Gasteiger partial charge in [0.15, 0.2) is 0 Å². The van der Waals surface area contributed by atoms with Crippen molar-refractivity contribution in [2.24, 2.45) is 5.73 Å². The first-order valence-corrected chi connectivity index (χ1v) is 8.74. The molecule has 0 fully saturated rings. The van der Waals surface area contributed by atoms with Crippen LogP contribution in [0.5, 0.6) is 5.75 Å². The van der Waals surface area contributed by atoms with Crippen molar-refractivity contribution in [2.75, 3.05) is 0 Å². The van der Waals surface area contributed by atoms with Gasteiger partial charge in [0.2, 0.25) is 12.2 Å².